The van der Waals surface area contributed by atoms with Gasteiger partial charge in [-0.25, -0.2) is 9.37 Å². The molecule has 0 unspecified atom stereocenters. The average Bonchev–Trinajstić information content (AvgIpc) is 2.87. The van der Waals surface area contributed by atoms with Gasteiger partial charge >= 0.3 is 5.97 Å². The van der Waals surface area contributed by atoms with Crippen molar-refractivity contribution in [3.05, 3.63) is 48.3 Å². The van der Waals surface area contributed by atoms with Gasteiger partial charge in [0.1, 0.15) is 23.7 Å². The number of carbonyl (C=O) groups excluding carboxylic acids is 1. The van der Waals surface area contributed by atoms with Crippen LogP contribution in [0.25, 0.3) is 22.4 Å². The molecule has 5 nitrogen and oxygen atoms in total. The van der Waals surface area contributed by atoms with Crippen molar-refractivity contribution >= 4 is 22.7 Å². The Morgan fingerprint density at radius 3 is 2.82 bits per heavy atom. The molecule has 0 atom stereocenters. The molecule has 6 heteroatoms. The maximum atomic E-state index is 13.5. The molecule has 1 aromatic heterocycles. The zero-order chi connectivity index (χ0) is 15.7. The van der Waals surface area contributed by atoms with Crippen LogP contribution in [0.5, 0.6) is 0 Å². The zero-order valence-electron chi connectivity index (χ0n) is 11.9. The Kier molecular flexibility index (Phi) is 3.50. The largest absolute Gasteiger partial charge is 0.468 e. The third kappa shape index (κ3) is 2.39. The highest BCUT2D eigenvalue weighted by Crippen LogP contribution is 2.28. The van der Waals surface area contributed by atoms with Crippen LogP contribution in [0.4, 0.5) is 10.1 Å². The fourth-order valence-corrected chi connectivity index (χ4v) is 2.37. The van der Waals surface area contributed by atoms with Gasteiger partial charge < -0.3 is 15.0 Å². The molecule has 0 amide bonds. The maximum Gasteiger partial charge on any atom is 0.325 e. The number of fused-ring (bicyclic) bond motifs is 1. The van der Waals surface area contributed by atoms with Gasteiger partial charge in [0.15, 0.2) is 0 Å². The van der Waals surface area contributed by atoms with E-state index in [1.165, 1.54) is 19.2 Å². The maximum absolute atomic E-state index is 13.5. The van der Waals surface area contributed by atoms with Crippen molar-refractivity contribution in [3.8, 4) is 11.4 Å². The van der Waals surface area contributed by atoms with E-state index >= 15 is 0 Å². The van der Waals surface area contributed by atoms with Gasteiger partial charge in [-0.2, -0.15) is 0 Å². The molecule has 3 aromatic rings. The zero-order valence-corrected chi connectivity index (χ0v) is 11.9. The Balaban J connectivity index is 2.26. The molecule has 0 saturated heterocycles. The number of ether oxygens (including phenoxy) is 1. The van der Waals surface area contributed by atoms with E-state index in [0.717, 1.165) is 0 Å². The van der Waals surface area contributed by atoms with E-state index in [1.54, 1.807) is 28.8 Å². The van der Waals surface area contributed by atoms with Crippen molar-refractivity contribution in [2.45, 2.75) is 6.54 Å². The number of nitrogens with zero attached hydrogens (tertiary/aromatic N) is 2. The lowest BCUT2D eigenvalue weighted by atomic mass is 10.2. The number of hydrogen-bond acceptors (Lipinski definition) is 4. The van der Waals surface area contributed by atoms with Crippen LogP contribution >= 0.6 is 0 Å². The molecule has 112 valence electrons. The Hall–Kier alpha value is -2.89. The van der Waals surface area contributed by atoms with Gasteiger partial charge in [0.25, 0.3) is 0 Å². The normalized spacial score (nSPS) is 10.8. The Morgan fingerprint density at radius 2 is 2.09 bits per heavy atom. The molecular weight excluding hydrogens is 285 g/mol. The molecule has 3 rings (SSSR count). The molecule has 0 spiro atoms. The topological polar surface area (TPSA) is 70.1 Å². The van der Waals surface area contributed by atoms with Gasteiger partial charge in [-0.05, 0) is 24.3 Å². The number of benzene rings is 2. The molecule has 1 heterocycles. The van der Waals surface area contributed by atoms with Gasteiger partial charge in [-0.1, -0.05) is 18.2 Å². The number of aromatic nitrogens is 2. The fourth-order valence-electron chi connectivity index (χ4n) is 2.37. The van der Waals surface area contributed by atoms with Crippen LogP contribution in [0.1, 0.15) is 0 Å². The number of nitrogen functional groups attached to an aromatic ring is 1. The summed E-state index contributed by atoms with van der Waals surface area (Å²) in [7, 11) is 1.32. The van der Waals surface area contributed by atoms with E-state index in [0.29, 0.717) is 28.1 Å². The van der Waals surface area contributed by atoms with Crippen LogP contribution in [0.3, 0.4) is 0 Å². The number of methoxy groups -OCH3 is 1. The van der Waals surface area contributed by atoms with Crippen molar-refractivity contribution in [3.63, 3.8) is 0 Å². The van der Waals surface area contributed by atoms with Gasteiger partial charge in [0, 0.05) is 5.56 Å². The third-order valence-electron chi connectivity index (χ3n) is 3.41. The highest BCUT2D eigenvalue weighted by atomic mass is 19.1. The summed E-state index contributed by atoms with van der Waals surface area (Å²) in [5, 5.41) is 0. The number of rotatable bonds is 3. The highest BCUT2D eigenvalue weighted by molar-refractivity contribution is 5.91. The fraction of sp³-hybridized carbons (Fsp3) is 0.125. The molecule has 2 N–H and O–H groups in total. The van der Waals surface area contributed by atoms with Crippen molar-refractivity contribution in [1.29, 1.82) is 0 Å². The summed E-state index contributed by atoms with van der Waals surface area (Å²) < 4.78 is 19.9. The van der Waals surface area contributed by atoms with E-state index in [-0.39, 0.29) is 12.4 Å². The number of esters is 1. The standard InChI is InChI=1S/C16H14FN3O2/c1-22-14(21)9-20-13-7-3-6-12(18)15(13)19-16(20)10-4-2-5-11(17)8-10/h2-8H,9,18H2,1H3. The Labute approximate surface area is 126 Å². The minimum atomic E-state index is -0.417. The predicted molar refractivity (Wildman–Crippen MR) is 81.6 cm³/mol. The molecule has 0 fully saturated rings. The monoisotopic (exact) mass is 299 g/mol. The molecule has 22 heavy (non-hydrogen) atoms. The Morgan fingerprint density at radius 1 is 1.32 bits per heavy atom. The molecular formula is C16H14FN3O2. The first-order valence-corrected chi connectivity index (χ1v) is 6.67. The molecule has 0 aliphatic rings. The van der Waals surface area contributed by atoms with E-state index in [9.17, 15) is 9.18 Å². The van der Waals surface area contributed by atoms with Gasteiger partial charge in [0.2, 0.25) is 0 Å². The van der Waals surface area contributed by atoms with E-state index in [4.69, 9.17) is 10.5 Å². The van der Waals surface area contributed by atoms with Crippen molar-refractivity contribution in [1.82, 2.24) is 9.55 Å². The van der Waals surface area contributed by atoms with Crippen LogP contribution in [0, 0.1) is 5.82 Å². The molecule has 0 aliphatic carbocycles. The second-order valence-electron chi connectivity index (χ2n) is 4.82. The van der Waals surface area contributed by atoms with Gasteiger partial charge in [-0.15, -0.1) is 0 Å². The second-order valence-corrected chi connectivity index (χ2v) is 4.82. The average molecular weight is 299 g/mol. The van der Waals surface area contributed by atoms with Crippen molar-refractivity contribution in [2.75, 3.05) is 12.8 Å². The highest BCUT2D eigenvalue weighted by Gasteiger charge is 2.17. The smallest absolute Gasteiger partial charge is 0.325 e. The number of carbonyl (C=O) groups is 1. The number of anilines is 1. The van der Waals surface area contributed by atoms with Crippen LogP contribution < -0.4 is 5.73 Å². The summed E-state index contributed by atoms with van der Waals surface area (Å²) in [4.78, 5) is 16.2. The van der Waals surface area contributed by atoms with E-state index in [1.807, 2.05) is 6.07 Å². The SMILES string of the molecule is COC(=O)Cn1c(-c2cccc(F)c2)nc2c(N)cccc21. The quantitative estimate of drug-likeness (QED) is 0.596. The summed E-state index contributed by atoms with van der Waals surface area (Å²) in [6.45, 7) is -0.0255. The first-order chi connectivity index (χ1) is 10.6. The molecule has 0 bridgehead atoms. The lowest BCUT2D eigenvalue weighted by Crippen LogP contribution is -2.12. The predicted octanol–water partition coefficient (Wildman–Crippen LogP) is 2.60. The summed E-state index contributed by atoms with van der Waals surface area (Å²) in [6.07, 6.45) is 0. The lowest BCUT2D eigenvalue weighted by Gasteiger charge is -2.08. The first-order valence-electron chi connectivity index (χ1n) is 6.67. The summed E-state index contributed by atoms with van der Waals surface area (Å²) in [5.41, 5.74) is 8.28. The second kappa shape index (κ2) is 5.48. The van der Waals surface area contributed by atoms with Crippen LogP contribution in [-0.4, -0.2) is 22.6 Å². The third-order valence-corrected chi connectivity index (χ3v) is 3.41. The molecule has 0 aliphatic heterocycles. The molecule has 0 radical (unpaired) electrons. The first kappa shape index (κ1) is 14.1. The minimum Gasteiger partial charge on any atom is -0.468 e. The lowest BCUT2D eigenvalue weighted by molar-refractivity contribution is -0.141. The van der Waals surface area contributed by atoms with E-state index < -0.39 is 5.97 Å². The summed E-state index contributed by atoms with van der Waals surface area (Å²) in [5.74, 6) is -0.320. The molecule has 0 saturated carbocycles. The summed E-state index contributed by atoms with van der Waals surface area (Å²) in [6, 6.07) is 11.4. The van der Waals surface area contributed by atoms with Crippen LogP contribution in [0.2, 0.25) is 0 Å². The number of halogens is 1. The van der Waals surface area contributed by atoms with Crippen LogP contribution in [0.15, 0.2) is 42.5 Å². The summed E-state index contributed by atoms with van der Waals surface area (Å²) >= 11 is 0. The number of para-hydroxylation sites is 1. The molecule has 2 aromatic carbocycles. The van der Waals surface area contributed by atoms with Crippen LogP contribution in [-0.2, 0) is 16.1 Å². The minimum absolute atomic E-state index is 0.0255. The van der Waals surface area contributed by atoms with Gasteiger partial charge in [-0.3, -0.25) is 4.79 Å². The Bertz CT molecular complexity index is 858. The number of nitrogens with two attached hydrogens (primary N) is 1. The van der Waals surface area contributed by atoms with Crippen molar-refractivity contribution < 1.29 is 13.9 Å². The van der Waals surface area contributed by atoms with Gasteiger partial charge in [0.05, 0.1) is 18.3 Å². The van der Waals surface area contributed by atoms with E-state index in [2.05, 4.69) is 4.98 Å². The number of hydrogen-bond donors (Lipinski definition) is 1. The number of imidazole rings is 1. The van der Waals surface area contributed by atoms with Crippen molar-refractivity contribution in [2.24, 2.45) is 0 Å².